The first-order chi connectivity index (χ1) is 13.9. The van der Waals surface area contributed by atoms with Crippen molar-refractivity contribution in [3.05, 3.63) is 52.2 Å². The number of nitro benzene ring substituents is 1. The molecule has 0 saturated carbocycles. The number of benzene rings is 1. The summed E-state index contributed by atoms with van der Waals surface area (Å²) in [4.78, 5) is 38.2. The fraction of sp³-hybridized carbons (Fsp3) is 0.278. The third-order valence-corrected chi connectivity index (χ3v) is 4.68. The van der Waals surface area contributed by atoms with Crippen molar-refractivity contribution in [3.8, 4) is 17.0 Å². The second kappa shape index (κ2) is 7.28. The summed E-state index contributed by atoms with van der Waals surface area (Å²) < 4.78 is 41.0. The van der Waals surface area contributed by atoms with E-state index in [1.54, 1.807) is 19.9 Å². The highest BCUT2D eigenvalue weighted by Crippen LogP contribution is 2.36. The molecule has 2 aromatic rings. The number of ether oxygens (including phenoxy) is 1. The first-order valence-electron chi connectivity index (χ1n) is 8.51. The van der Waals surface area contributed by atoms with Crippen molar-refractivity contribution in [2.75, 3.05) is 0 Å². The van der Waals surface area contributed by atoms with Crippen LogP contribution in [0, 0.1) is 10.1 Å². The van der Waals surface area contributed by atoms with Crippen LogP contribution in [0.15, 0.2) is 36.5 Å². The molecular formula is C18H15F3N4O5. The lowest BCUT2D eigenvalue weighted by Gasteiger charge is -2.30. The Kier molecular flexibility index (Phi) is 5.10. The van der Waals surface area contributed by atoms with Crippen LogP contribution in [0.25, 0.3) is 11.3 Å². The summed E-state index contributed by atoms with van der Waals surface area (Å²) in [5.74, 6) is -1.26. The number of aromatic nitrogens is 1. The molecule has 158 valence electrons. The fourth-order valence-electron chi connectivity index (χ4n) is 3.15. The quantitative estimate of drug-likeness (QED) is 0.432. The van der Waals surface area contributed by atoms with E-state index >= 15 is 0 Å². The van der Waals surface area contributed by atoms with Gasteiger partial charge in [0, 0.05) is 11.6 Å². The number of nitro groups is 1. The Morgan fingerprint density at radius 1 is 1.17 bits per heavy atom. The number of carbonyl (C=O) groups is 2. The van der Waals surface area contributed by atoms with Crippen molar-refractivity contribution in [1.29, 1.82) is 0 Å². The summed E-state index contributed by atoms with van der Waals surface area (Å²) in [5, 5.41) is 16.1. The molecule has 1 aliphatic heterocycles. The first kappa shape index (κ1) is 21.0. The van der Waals surface area contributed by atoms with Gasteiger partial charge in [0.25, 0.3) is 11.6 Å². The summed E-state index contributed by atoms with van der Waals surface area (Å²) in [6.45, 7) is 3.38. The molecule has 1 aliphatic rings. The topological polar surface area (TPSA) is 123 Å². The normalized spacial score (nSPS) is 16.8. The van der Waals surface area contributed by atoms with E-state index in [9.17, 15) is 32.9 Å². The van der Waals surface area contributed by atoms with Crippen LogP contribution in [-0.4, -0.2) is 34.2 Å². The maximum absolute atomic E-state index is 12.4. The average molecular weight is 424 g/mol. The van der Waals surface area contributed by atoms with E-state index in [0.29, 0.717) is 11.6 Å². The number of urea groups is 1. The molecule has 9 nitrogen and oxygen atoms in total. The number of amides is 3. The highest BCUT2D eigenvalue weighted by Gasteiger charge is 2.42. The number of alkyl halides is 3. The van der Waals surface area contributed by atoms with Crippen molar-refractivity contribution >= 4 is 17.6 Å². The van der Waals surface area contributed by atoms with Crippen LogP contribution in [0.2, 0.25) is 0 Å². The number of rotatable bonds is 5. The van der Waals surface area contributed by atoms with E-state index in [0.717, 1.165) is 12.1 Å². The standard InChI is InChI=1S/C18H15F3N4O5/c1-17(2,14-15(26)24-16(27)23-14)9-5-6-22-12(7-9)11-4-3-10(30-18(19,20)21)8-13(11)25(28)29/h3-8,14H,1-2H3,(H2,23,24,26,27). The molecule has 30 heavy (non-hydrogen) atoms. The Morgan fingerprint density at radius 3 is 2.43 bits per heavy atom. The molecule has 1 aromatic carbocycles. The summed E-state index contributed by atoms with van der Waals surface area (Å²) in [6, 6.07) is 4.23. The molecule has 2 N–H and O–H groups in total. The molecule has 0 spiro atoms. The number of imide groups is 1. The van der Waals surface area contributed by atoms with Gasteiger partial charge in [-0.05, 0) is 29.8 Å². The van der Waals surface area contributed by atoms with E-state index < -0.39 is 46.1 Å². The van der Waals surface area contributed by atoms with Crippen molar-refractivity contribution in [2.45, 2.75) is 31.7 Å². The van der Waals surface area contributed by atoms with E-state index in [1.165, 1.54) is 12.3 Å². The zero-order chi connectivity index (χ0) is 22.3. The van der Waals surface area contributed by atoms with Crippen LogP contribution in [0.1, 0.15) is 19.4 Å². The van der Waals surface area contributed by atoms with E-state index in [4.69, 9.17) is 0 Å². The number of nitrogens with zero attached hydrogens (tertiary/aromatic N) is 2. The number of carbonyl (C=O) groups excluding carboxylic acids is 2. The molecular weight excluding hydrogens is 409 g/mol. The minimum absolute atomic E-state index is 0.0351. The summed E-state index contributed by atoms with van der Waals surface area (Å²) in [7, 11) is 0. The van der Waals surface area contributed by atoms with Gasteiger partial charge in [-0.2, -0.15) is 0 Å². The minimum atomic E-state index is -5.00. The van der Waals surface area contributed by atoms with Crippen LogP contribution in [0.3, 0.4) is 0 Å². The van der Waals surface area contributed by atoms with Crippen molar-refractivity contribution in [1.82, 2.24) is 15.6 Å². The van der Waals surface area contributed by atoms with Gasteiger partial charge < -0.3 is 10.1 Å². The number of pyridine rings is 1. The second-order valence-electron chi connectivity index (χ2n) is 7.03. The van der Waals surface area contributed by atoms with Crippen LogP contribution in [0.4, 0.5) is 23.7 Å². The predicted molar refractivity (Wildman–Crippen MR) is 96.5 cm³/mol. The Balaban J connectivity index is 2.02. The monoisotopic (exact) mass is 424 g/mol. The van der Waals surface area contributed by atoms with E-state index in [-0.39, 0.29) is 11.3 Å². The molecule has 0 bridgehead atoms. The van der Waals surface area contributed by atoms with Gasteiger partial charge in [-0.15, -0.1) is 13.2 Å². The predicted octanol–water partition coefficient (Wildman–Crippen LogP) is 3.04. The van der Waals surface area contributed by atoms with Crippen molar-refractivity contribution < 1.29 is 32.4 Å². The van der Waals surface area contributed by atoms with Gasteiger partial charge in [0.05, 0.1) is 22.2 Å². The maximum Gasteiger partial charge on any atom is 0.573 e. The molecule has 3 amide bonds. The van der Waals surface area contributed by atoms with Gasteiger partial charge in [-0.3, -0.25) is 25.2 Å². The van der Waals surface area contributed by atoms with Gasteiger partial charge in [-0.25, -0.2) is 4.79 Å². The largest absolute Gasteiger partial charge is 0.573 e. The molecule has 1 atom stereocenters. The Hall–Kier alpha value is -3.70. The van der Waals surface area contributed by atoms with Gasteiger partial charge in [0.1, 0.15) is 11.8 Å². The highest BCUT2D eigenvalue weighted by atomic mass is 19.4. The Morgan fingerprint density at radius 2 is 1.87 bits per heavy atom. The number of hydrogen-bond donors (Lipinski definition) is 2. The summed E-state index contributed by atoms with van der Waals surface area (Å²) in [6.07, 6.45) is -3.64. The SMILES string of the molecule is CC(C)(c1ccnc(-c2ccc(OC(F)(F)F)cc2[N+](=O)[O-])c1)C1NC(=O)NC1=O. The van der Waals surface area contributed by atoms with Gasteiger partial charge in [0.15, 0.2) is 0 Å². The van der Waals surface area contributed by atoms with E-state index in [1.807, 2.05) is 0 Å². The number of hydrogen-bond acceptors (Lipinski definition) is 6. The zero-order valence-corrected chi connectivity index (χ0v) is 15.6. The van der Waals surface area contributed by atoms with Crippen LogP contribution < -0.4 is 15.4 Å². The van der Waals surface area contributed by atoms with Crippen molar-refractivity contribution in [2.24, 2.45) is 0 Å². The molecule has 12 heteroatoms. The second-order valence-corrected chi connectivity index (χ2v) is 7.03. The van der Waals surface area contributed by atoms with Crippen molar-refractivity contribution in [3.63, 3.8) is 0 Å². The molecule has 1 fully saturated rings. The lowest BCUT2D eigenvalue weighted by Crippen LogP contribution is -2.45. The molecule has 1 saturated heterocycles. The zero-order valence-electron chi connectivity index (χ0n) is 15.6. The third-order valence-electron chi connectivity index (χ3n) is 4.68. The summed E-state index contributed by atoms with van der Waals surface area (Å²) in [5.41, 5.74) is -0.948. The van der Waals surface area contributed by atoms with E-state index in [2.05, 4.69) is 20.4 Å². The maximum atomic E-state index is 12.4. The lowest BCUT2D eigenvalue weighted by molar-refractivity contribution is -0.384. The molecule has 2 heterocycles. The molecule has 1 unspecified atom stereocenters. The first-order valence-corrected chi connectivity index (χ1v) is 8.51. The van der Waals surface area contributed by atoms with Crippen LogP contribution in [0.5, 0.6) is 5.75 Å². The van der Waals surface area contributed by atoms with Gasteiger partial charge >= 0.3 is 12.4 Å². The molecule has 1 aromatic heterocycles. The Labute approximate surface area is 167 Å². The van der Waals surface area contributed by atoms with Crippen LogP contribution >= 0.6 is 0 Å². The smallest absolute Gasteiger partial charge is 0.406 e. The minimum Gasteiger partial charge on any atom is -0.406 e. The average Bonchev–Trinajstić information content (AvgIpc) is 2.99. The number of nitrogens with one attached hydrogen (secondary N) is 2. The highest BCUT2D eigenvalue weighted by molar-refractivity contribution is 6.05. The molecule has 3 rings (SSSR count). The van der Waals surface area contributed by atoms with Gasteiger partial charge in [-0.1, -0.05) is 13.8 Å². The molecule has 0 radical (unpaired) electrons. The number of halogens is 3. The third kappa shape index (κ3) is 4.16. The summed E-state index contributed by atoms with van der Waals surface area (Å²) >= 11 is 0. The molecule has 0 aliphatic carbocycles. The van der Waals surface area contributed by atoms with Crippen LogP contribution in [-0.2, 0) is 10.2 Å². The Bertz CT molecular complexity index is 1040. The van der Waals surface area contributed by atoms with Gasteiger partial charge in [0.2, 0.25) is 0 Å². The fourth-order valence-corrected chi connectivity index (χ4v) is 3.15. The lowest BCUT2D eigenvalue weighted by atomic mass is 9.77.